The molecule has 0 bridgehead atoms. The van der Waals surface area contributed by atoms with Crippen LogP contribution in [0.25, 0.3) is 0 Å². The van der Waals surface area contributed by atoms with Crippen LogP contribution >= 0.6 is 0 Å². The minimum absolute atomic E-state index is 1.15. The summed E-state index contributed by atoms with van der Waals surface area (Å²) in [5.74, 6) is 0. The van der Waals surface area contributed by atoms with Crippen molar-refractivity contribution in [2.45, 2.75) is 26.7 Å². The average molecular weight is 134 g/mol. The lowest BCUT2D eigenvalue weighted by Gasteiger charge is -2.01. The van der Waals surface area contributed by atoms with Crippen molar-refractivity contribution in [1.82, 2.24) is 0 Å². The third-order valence-corrected chi connectivity index (χ3v) is 2.03. The van der Waals surface area contributed by atoms with Gasteiger partial charge in [-0.25, -0.2) is 0 Å². The zero-order valence-corrected chi connectivity index (χ0v) is 6.78. The second-order valence-electron chi connectivity index (χ2n) is 2.73. The van der Waals surface area contributed by atoms with Gasteiger partial charge in [-0.2, -0.15) is 0 Å². The lowest BCUT2D eigenvalue weighted by atomic mass is 10.0. The summed E-state index contributed by atoms with van der Waals surface area (Å²) in [5.41, 5.74) is 4.04. The van der Waals surface area contributed by atoms with Crippen LogP contribution in [0.5, 0.6) is 0 Å². The molecule has 1 rings (SSSR count). The molecule has 0 heterocycles. The van der Waals surface area contributed by atoms with E-state index in [4.69, 9.17) is 0 Å². The van der Waals surface area contributed by atoms with Crippen molar-refractivity contribution >= 4 is 0 Å². The van der Waals surface area contributed by atoms with Crippen molar-refractivity contribution in [2.75, 3.05) is 0 Å². The van der Waals surface area contributed by atoms with Gasteiger partial charge >= 0.3 is 0 Å². The van der Waals surface area contributed by atoms with Crippen LogP contribution in [0.2, 0.25) is 0 Å². The molecule has 0 heteroatoms. The molecular weight excluding hydrogens is 120 g/mol. The fourth-order valence-electron chi connectivity index (χ4n) is 1.27. The van der Waals surface area contributed by atoms with E-state index >= 15 is 0 Å². The van der Waals surface area contributed by atoms with Gasteiger partial charge < -0.3 is 0 Å². The molecule has 0 aromatic carbocycles. The second-order valence-corrected chi connectivity index (χ2v) is 2.73. The molecule has 10 heavy (non-hydrogen) atoms. The van der Waals surface area contributed by atoms with Crippen molar-refractivity contribution in [1.29, 1.82) is 0 Å². The third-order valence-electron chi connectivity index (χ3n) is 2.03. The predicted molar refractivity (Wildman–Crippen MR) is 45.9 cm³/mol. The van der Waals surface area contributed by atoms with E-state index < -0.39 is 0 Å². The molecule has 0 saturated carbocycles. The zero-order chi connectivity index (χ0) is 7.56. The van der Waals surface area contributed by atoms with Crippen LogP contribution in [-0.4, -0.2) is 0 Å². The van der Waals surface area contributed by atoms with Gasteiger partial charge in [0.15, 0.2) is 0 Å². The Bertz CT molecular complexity index is 204. The summed E-state index contributed by atoms with van der Waals surface area (Å²) in [6.45, 7) is 8.21. The SMILES string of the molecule is C=C1CCC=C1/C(C)=C/C. The van der Waals surface area contributed by atoms with Crippen LogP contribution in [0, 0.1) is 0 Å². The minimum atomic E-state index is 1.15. The van der Waals surface area contributed by atoms with Crippen molar-refractivity contribution < 1.29 is 0 Å². The Morgan fingerprint density at radius 1 is 1.70 bits per heavy atom. The van der Waals surface area contributed by atoms with Crippen LogP contribution in [-0.2, 0) is 0 Å². The standard InChI is InChI=1S/C10H14/c1-4-8(2)10-7-5-6-9(10)3/h4,7H,3,5-6H2,1-2H3/b8-4+. The first kappa shape index (κ1) is 7.33. The summed E-state index contributed by atoms with van der Waals surface area (Å²) in [5, 5.41) is 0. The molecule has 0 aliphatic heterocycles. The summed E-state index contributed by atoms with van der Waals surface area (Å²) in [4.78, 5) is 0. The van der Waals surface area contributed by atoms with Gasteiger partial charge in [0.2, 0.25) is 0 Å². The van der Waals surface area contributed by atoms with Gasteiger partial charge in [-0.15, -0.1) is 0 Å². The number of hydrogen-bond acceptors (Lipinski definition) is 0. The highest BCUT2D eigenvalue weighted by molar-refractivity contribution is 5.47. The maximum absolute atomic E-state index is 4.00. The zero-order valence-electron chi connectivity index (χ0n) is 6.78. The van der Waals surface area contributed by atoms with Gasteiger partial charge in [-0.3, -0.25) is 0 Å². The molecule has 0 aromatic rings. The second kappa shape index (κ2) is 2.87. The van der Waals surface area contributed by atoms with E-state index in [-0.39, 0.29) is 0 Å². The summed E-state index contributed by atoms with van der Waals surface area (Å²) < 4.78 is 0. The highest BCUT2D eigenvalue weighted by atomic mass is 14.1. The Morgan fingerprint density at radius 2 is 2.40 bits per heavy atom. The molecule has 0 atom stereocenters. The van der Waals surface area contributed by atoms with E-state index in [2.05, 4.69) is 32.6 Å². The predicted octanol–water partition coefficient (Wildman–Crippen LogP) is 3.23. The first-order chi connectivity index (χ1) is 4.75. The first-order valence-corrected chi connectivity index (χ1v) is 3.77. The quantitative estimate of drug-likeness (QED) is 0.516. The third kappa shape index (κ3) is 1.21. The number of rotatable bonds is 1. The average Bonchev–Trinajstić information content (AvgIpc) is 2.34. The van der Waals surface area contributed by atoms with Crippen LogP contribution in [0.3, 0.4) is 0 Å². The highest BCUT2D eigenvalue weighted by Gasteiger charge is 2.08. The maximum Gasteiger partial charge on any atom is -0.0244 e. The Hall–Kier alpha value is -0.780. The molecule has 54 valence electrons. The summed E-state index contributed by atoms with van der Waals surface area (Å²) >= 11 is 0. The van der Waals surface area contributed by atoms with E-state index in [1.165, 1.54) is 23.1 Å². The van der Waals surface area contributed by atoms with Crippen LogP contribution in [0.1, 0.15) is 26.7 Å². The molecule has 0 amide bonds. The van der Waals surface area contributed by atoms with Gasteiger partial charge in [0.05, 0.1) is 0 Å². The van der Waals surface area contributed by atoms with E-state index in [1.54, 1.807) is 0 Å². The number of hydrogen-bond donors (Lipinski definition) is 0. The Kier molecular flexibility index (Phi) is 2.10. The molecule has 1 aliphatic carbocycles. The molecule has 0 nitrogen and oxygen atoms in total. The summed E-state index contributed by atoms with van der Waals surface area (Å²) in [7, 11) is 0. The van der Waals surface area contributed by atoms with Crippen molar-refractivity contribution in [3.63, 3.8) is 0 Å². The largest absolute Gasteiger partial charge is 0.0952 e. The lowest BCUT2D eigenvalue weighted by Crippen LogP contribution is -1.82. The van der Waals surface area contributed by atoms with E-state index in [1.807, 2.05) is 0 Å². The maximum atomic E-state index is 4.00. The van der Waals surface area contributed by atoms with E-state index in [0.717, 1.165) is 6.42 Å². The Morgan fingerprint density at radius 3 is 2.80 bits per heavy atom. The highest BCUT2D eigenvalue weighted by Crippen LogP contribution is 2.28. The molecule has 0 aromatic heterocycles. The van der Waals surface area contributed by atoms with Crippen molar-refractivity contribution in [3.8, 4) is 0 Å². The normalized spacial score (nSPS) is 19.6. The molecule has 0 saturated heterocycles. The monoisotopic (exact) mass is 134 g/mol. The molecule has 0 fully saturated rings. The van der Waals surface area contributed by atoms with Gasteiger partial charge in [0.25, 0.3) is 0 Å². The Labute approximate surface area is 62.9 Å². The van der Waals surface area contributed by atoms with Crippen LogP contribution in [0.15, 0.2) is 35.5 Å². The molecule has 0 unspecified atom stereocenters. The summed E-state index contributed by atoms with van der Waals surface area (Å²) in [6.07, 6.45) is 6.75. The summed E-state index contributed by atoms with van der Waals surface area (Å²) in [6, 6.07) is 0. The number of allylic oxidation sites excluding steroid dienone is 5. The van der Waals surface area contributed by atoms with Gasteiger partial charge in [-0.1, -0.05) is 18.7 Å². The van der Waals surface area contributed by atoms with Gasteiger partial charge in [0, 0.05) is 0 Å². The molecule has 0 radical (unpaired) electrons. The molecule has 1 aliphatic rings. The first-order valence-electron chi connectivity index (χ1n) is 3.77. The minimum Gasteiger partial charge on any atom is -0.0952 e. The molecule has 0 N–H and O–H groups in total. The van der Waals surface area contributed by atoms with Crippen molar-refractivity contribution in [3.05, 3.63) is 35.5 Å². The van der Waals surface area contributed by atoms with Gasteiger partial charge in [-0.05, 0) is 43.4 Å². The Balaban J connectivity index is 2.82. The fourth-order valence-corrected chi connectivity index (χ4v) is 1.27. The lowest BCUT2D eigenvalue weighted by molar-refractivity contribution is 1.06. The van der Waals surface area contributed by atoms with Crippen LogP contribution < -0.4 is 0 Å². The smallest absolute Gasteiger partial charge is 0.0244 e. The fraction of sp³-hybridized carbons (Fsp3) is 0.400. The van der Waals surface area contributed by atoms with Crippen LogP contribution in [0.4, 0.5) is 0 Å². The topological polar surface area (TPSA) is 0 Å². The molecule has 0 spiro atoms. The van der Waals surface area contributed by atoms with Crippen molar-refractivity contribution in [2.24, 2.45) is 0 Å². The van der Waals surface area contributed by atoms with Gasteiger partial charge in [0.1, 0.15) is 0 Å². The van der Waals surface area contributed by atoms with E-state index in [9.17, 15) is 0 Å². The van der Waals surface area contributed by atoms with E-state index in [0.29, 0.717) is 0 Å². The molecular formula is C10H14.